The molecule has 0 saturated carbocycles. The van der Waals surface area contributed by atoms with E-state index in [0.29, 0.717) is 12.1 Å². The third-order valence-corrected chi connectivity index (χ3v) is 7.79. The van der Waals surface area contributed by atoms with Crippen molar-refractivity contribution in [2.45, 2.75) is 52.6 Å². The number of aryl methyl sites for hydroxylation is 1. The van der Waals surface area contributed by atoms with Crippen molar-refractivity contribution in [3.63, 3.8) is 0 Å². The number of hydrogen-bond acceptors (Lipinski definition) is 4. The van der Waals surface area contributed by atoms with Crippen LogP contribution in [0.5, 0.6) is 0 Å². The van der Waals surface area contributed by atoms with E-state index in [1.165, 1.54) is 4.90 Å². The molecular formula is C25H34BrN3O4S. The van der Waals surface area contributed by atoms with Crippen LogP contribution in [-0.2, 0) is 26.0 Å². The molecule has 0 fully saturated rings. The van der Waals surface area contributed by atoms with Crippen LogP contribution in [0.2, 0.25) is 0 Å². The lowest BCUT2D eigenvalue weighted by Crippen LogP contribution is -2.53. The van der Waals surface area contributed by atoms with Gasteiger partial charge >= 0.3 is 0 Å². The van der Waals surface area contributed by atoms with Crippen molar-refractivity contribution in [1.82, 2.24) is 10.2 Å². The maximum atomic E-state index is 13.5. The van der Waals surface area contributed by atoms with Crippen molar-refractivity contribution in [3.05, 3.63) is 64.1 Å². The third kappa shape index (κ3) is 7.84. The lowest BCUT2D eigenvalue weighted by atomic mass is 10.1. The number of anilines is 1. The first kappa shape index (κ1) is 27.9. The van der Waals surface area contributed by atoms with Gasteiger partial charge in [-0.2, -0.15) is 0 Å². The summed E-state index contributed by atoms with van der Waals surface area (Å²) in [5.74, 6) is -0.699. The minimum atomic E-state index is -3.74. The van der Waals surface area contributed by atoms with E-state index in [1.54, 1.807) is 25.1 Å². The number of amides is 2. The molecule has 2 aromatic carbocycles. The molecule has 2 atom stereocenters. The summed E-state index contributed by atoms with van der Waals surface area (Å²) < 4.78 is 27.2. The first-order chi connectivity index (χ1) is 15.9. The predicted octanol–water partition coefficient (Wildman–Crippen LogP) is 3.90. The Morgan fingerprint density at radius 2 is 1.74 bits per heavy atom. The molecule has 1 N–H and O–H groups in total. The van der Waals surface area contributed by atoms with Crippen molar-refractivity contribution in [2.24, 2.45) is 0 Å². The van der Waals surface area contributed by atoms with E-state index in [9.17, 15) is 18.0 Å². The molecule has 0 aliphatic carbocycles. The Bertz CT molecular complexity index is 1090. The van der Waals surface area contributed by atoms with Crippen LogP contribution in [0, 0.1) is 6.92 Å². The molecular weight excluding hydrogens is 518 g/mol. The van der Waals surface area contributed by atoms with Crippen LogP contribution in [0.15, 0.2) is 53.0 Å². The lowest BCUT2D eigenvalue weighted by Gasteiger charge is -2.32. The summed E-state index contributed by atoms with van der Waals surface area (Å²) in [6.07, 6.45) is 2.38. The number of sulfonamides is 1. The number of halogens is 1. The highest BCUT2D eigenvalue weighted by Crippen LogP contribution is 2.25. The quantitative estimate of drug-likeness (QED) is 0.458. The lowest BCUT2D eigenvalue weighted by molar-refractivity contribution is -0.139. The fraction of sp³-hybridized carbons (Fsp3) is 0.440. The smallest absolute Gasteiger partial charge is 0.244 e. The monoisotopic (exact) mass is 551 g/mol. The van der Waals surface area contributed by atoms with Gasteiger partial charge in [0, 0.05) is 17.1 Å². The standard InChI is InChI=1S/C25H34BrN3O4S/c1-6-19(3)27-25(31)20(4)28(15-14-21-10-8-7-9-11-21)24(30)17-29(34(5,32)33)22-12-13-23(26)18(2)16-22/h7-13,16,19-20H,6,14-15,17H2,1-5H3,(H,27,31)/t19-,20-/m0/s1. The van der Waals surface area contributed by atoms with E-state index < -0.39 is 28.5 Å². The van der Waals surface area contributed by atoms with Crippen LogP contribution in [0.3, 0.4) is 0 Å². The number of carbonyl (C=O) groups is 2. The molecule has 34 heavy (non-hydrogen) atoms. The molecule has 2 rings (SSSR count). The van der Waals surface area contributed by atoms with Crippen LogP contribution >= 0.6 is 15.9 Å². The van der Waals surface area contributed by atoms with Crippen LogP contribution in [0.4, 0.5) is 5.69 Å². The molecule has 0 aromatic heterocycles. The van der Waals surface area contributed by atoms with Gasteiger partial charge in [0.05, 0.1) is 11.9 Å². The Balaban J connectivity index is 2.33. The summed E-state index contributed by atoms with van der Waals surface area (Å²) in [4.78, 5) is 27.8. The molecule has 0 unspecified atom stereocenters. The van der Waals surface area contributed by atoms with Crippen LogP contribution in [0.1, 0.15) is 38.3 Å². The Morgan fingerprint density at radius 1 is 1.09 bits per heavy atom. The van der Waals surface area contributed by atoms with Gasteiger partial charge in [0.25, 0.3) is 0 Å². The summed E-state index contributed by atoms with van der Waals surface area (Å²) >= 11 is 3.42. The molecule has 0 radical (unpaired) electrons. The van der Waals surface area contributed by atoms with Gasteiger partial charge in [-0.3, -0.25) is 13.9 Å². The number of rotatable bonds is 11. The first-order valence-corrected chi connectivity index (χ1v) is 14.0. The van der Waals surface area contributed by atoms with E-state index >= 15 is 0 Å². The molecule has 2 amide bonds. The SMILES string of the molecule is CC[C@H](C)NC(=O)[C@H](C)N(CCc1ccccc1)C(=O)CN(c1ccc(Br)c(C)c1)S(C)(=O)=O. The van der Waals surface area contributed by atoms with Gasteiger partial charge < -0.3 is 10.2 Å². The minimum Gasteiger partial charge on any atom is -0.352 e. The van der Waals surface area contributed by atoms with Gasteiger partial charge in [0.15, 0.2) is 0 Å². The van der Waals surface area contributed by atoms with Crippen molar-refractivity contribution in [2.75, 3.05) is 23.7 Å². The highest BCUT2D eigenvalue weighted by atomic mass is 79.9. The van der Waals surface area contributed by atoms with Gasteiger partial charge in [0.2, 0.25) is 21.8 Å². The fourth-order valence-electron chi connectivity index (χ4n) is 3.43. The fourth-order valence-corrected chi connectivity index (χ4v) is 4.52. The number of nitrogens with one attached hydrogen (secondary N) is 1. The van der Waals surface area contributed by atoms with Gasteiger partial charge in [-0.05, 0) is 62.9 Å². The largest absolute Gasteiger partial charge is 0.352 e. The van der Waals surface area contributed by atoms with Crippen molar-refractivity contribution in [1.29, 1.82) is 0 Å². The van der Waals surface area contributed by atoms with Crippen molar-refractivity contribution >= 4 is 43.5 Å². The van der Waals surface area contributed by atoms with Crippen molar-refractivity contribution in [3.8, 4) is 0 Å². The molecule has 0 saturated heterocycles. The van der Waals surface area contributed by atoms with Gasteiger partial charge in [-0.25, -0.2) is 8.42 Å². The Labute approximate surface area is 211 Å². The van der Waals surface area contributed by atoms with E-state index in [1.807, 2.05) is 51.1 Å². The highest BCUT2D eigenvalue weighted by molar-refractivity contribution is 9.10. The van der Waals surface area contributed by atoms with Crippen LogP contribution in [0.25, 0.3) is 0 Å². The maximum absolute atomic E-state index is 13.5. The van der Waals surface area contributed by atoms with E-state index in [-0.39, 0.29) is 18.5 Å². The van der Waals surface area contributed by atoms with Crippen LogP contribution < -0.4 is 9.62 Å². The average Bonchev–Trinajstić information content (AvgIpc) is 2.79. The molecule has 186 valence electrons. The molecule has 0 bridgehead atoms. The first-order valence-electron chi connectivity index (χ1n) is 11.3. The molecule has 0 aliphatic heterocycles. The topological polar surface area (TPSA) is 86.8 Å². The normalized spacial score (nSPS) is 13.1. The predicted molar refractivity (Wildman–Crippen MR) is 140 cm³/mol. The van der Waals surface area contributed by atoms with Gasteiger partial charge in [-0.1, -0.05) is 53.2 Å². The minimum absolute atomic E-state index is 0.0284. The Hall–Kier alpha value is -2.39. The zero-order valence-electron chi connectivity index (χ0n) is 20.4. The summed E-state index contributed by atoms with van der Waals surface area (Å²) in [5.41, 5.74) is 2.27. The van der Waals surface area contributed by atoms with Gasteiger partial charge in [0.1, 0.15) is 12.6 Å². The van der Waals surface area contributed by atoms with Gasteiger partial charge in [-0.15, -0.1) is 0 Å². The summed E-state index contributed by atoms with van der Waals surface area (Å²) in [6.45, 7) is 7.29. The number of benzene rings is 2. The Kier molecular flexibility index (Phi) is 10.1. The second-order valence-corrected chi connectivity index (χ2v) is 11.3. The molecule has 2 aromatic rings. The third-order valence-electron chi connectivity index (χ3n) is 5.76. The second-order valence-electron chi connectivity index (χ2n) is 8.52. The Morgan fingerprint density at radius 3 is 2.29 bits per heavy atom. The van der Waals surface area contributed by atoms with E-state index in [4.69, 9.17) is 0 Å². The number of nitrogens with zero attached hydrogens (tertiary/aromatic N) is 2. The molecule has 7 nitrogen and oxygen atoms in total. The molecule has 0 heterocycles. The van der Waals surface area contributed by atoms with Crippen molar-refractivity contribution < 1.29 is 18.0 Å². The van der Waals surface area contributed by atoms with E-state index in [0.717, 1.165) is 32.6 Å². The number of hydrogen-bond donors (Lipinski definition) is 1. The maximum Gasteiger partial charge on any atom is 0.244 e. The molecule has 0 spiro atoms. The zero-order chi connectivity index (χ0) is 25.5. The summed E-state index contributed by atoms with van der Waals surface area (Å²) in [5, 5.41) is 2.92. The average molecular weight is 553 g/mol. The second kappa shape index (κ2) is 12.4. The number of carbonyl (C=O) groups excluding carboxylic acids is 2. The molecule has 9 heteroatoms. The van der Waals surface area contributed by atoms with Crippen LogP contribution in [-0.4, -0.2) is 56.6 Å². The molecule has 0 aliphatic rings. The summed E-state index contributed by atoms with van der Waals surface area (Å²) in [7, 11) is -3.74. The highest BCUT2D eigenvalue weighted by Gasteiger charge is 2.30. The summed E-state index contributed by atoms with van der Waals surface area (Å²) in [6, 6.07) is 14.0. The van der Waals surface area contributed by atoms with E-state index in [2.05, 4.69) is 21.2 Å². The zero-order valence-corrected chi connectivity index (χ0v) is 22.8.